The second kappa shape index (κ2) is 3.87. The van der Waals surface area contributed by atoms with E-state index < -0.39 is 11.6 Å². The second-order valence-electron chi connectivity index (χ2n) is 3.90. The van der Waals surface area contributed by atoms with Gasteiger partial charge in [0.25, 0.3) is 0 Å². The Morgan fingerprint density at radius 2 is 1.84 bits per heavy atom. The molecule has 0 spiro atoms. The van der Waals surface area contributed by atoms with E-state index in [2.05, 4.69) is 19.9 Å². The number of fused-ring (bicyclic) bond motifs is 1. The number of aromatic amines is 1. The zero-order chi connectivity index (χ0) is 13.6. The van der Waals surface area contributed by atoms with E-state index in [1.165, 1.54) is 6.33 Å². The maximum Gasteiger partial charge on any atom is 0.183 e. The van der Waals surface area contributed by atoms with Gasteiger partial charge in [-0.3, -0.25) is 0 Å². The summed E-state index contributed by atoms with van der Waals surface area (Å²) in [5.74, 6) is -1.25. The molecule has 0 unspecified atom stereocenters. The van der Waals surface area contributed by atoms with E-state index in [0.717, 1.165) is 6.07 Å². The van der Waals surface area contributed by atoms with E-state index in [4.69, 9.17) is 11.5 Å². The highest BCUT2D eigenvalue weighted by molar-refractivity contribution is 5.84. The van der Waals surface area contributed by atoms with Gasteiger partial charge in [0, 0.05) is 6.07 Å². The molecule has 0 aliphatic heterocycles. The van der Waals surface area contributed by atoms with Crippen molar-refractivity contribution < 1.29 is 8.78 Å². The molecule has 5 N–H and O–H groups in total. The summed E-state index contributed by atoms with van der Waals surface area (Å²) in [6, 6.07) is 1.86. The van der Waals surface area contributed by atoms with Gasteiger partial charge in [-0.2, -0.15) is 0 Å². The molecular weight excluding hydrogens is 254 g/mol. The van der Waals surface area contributed by atoms with Crippen molar-refractivity contribution in [3.8, 4) is 11.4 Å². The molecule has 2 aromatic heterocycles. The lowest BCUT2D eigenvalue weighted by Gasteiger charge is -2.02. The summed E-state index contributed by atoms with van der Waals surface area (Å²) in [7, 11) is 0. The average Bonchev–Trinajstić information content (AvgIpc) is 2.79. The molecule has 0 fully saturated rings. The Morgan fingerprint density at radius 3 is 2.58 bits per heavy atom. The van der Waals surface area contributed by atoms with Crippen LogP contribution in [0.4, 0.5) is 20.3 Å². The Balaban J connectivity index is 2.25. The first kappa shape index (κ1) is 11.3. The van der Waals surface area contributed by atoms with Gasteiger partial charge in [-0.15, -0.1) is 0 Å². The Labute approximate surface area is 105 Å². The van der Waals surface area contributed by atoms with E-state index in [-0.39, 0.29) is 22.9 Å². The fourth-order valence-electron chi connectivity index (χ4n) is 1.72. The van der Waals surface area contributed by atoms with Gasteiger partial charge >= 0.3 is 0 Å². The van der Waals surface area contributed by atoms with Gasteiger partial charge in [-0.1, -0.05) is 0 Å². The SMILES string of the molecule is Nc1cc(-c2nc3ncnc(N)c3[nH]2)c(F)cc1F. The van der Waals surface area contributed by atoms with Crippen molar-refractivity contribution in [2.45, 2.75) is 0 Å². The first-order valence-electron chi connectivity index (χ1n) is 5.27. The minimum atomic E-state index is -0.823. The van der Waals surface area contributed by atoms with Crippen molar-refractivity contribution in [3.63, 3.8) is 0 Å². The summed E-state index contributed by atoms with van der Waals surface area (Å²) in [6.45, 7) is 0. The third-order valence-corrected chi connectivity index (χ3v) is 2.66. The van der Waals surface area contributed by atoms with Crippen LogP contribution in [0.1, 0.15) is 0 Å². The molecule has 0 aliphatic rings. The van der Waals surface area contributed by atoms with E-state index in [0.29, 0.717) is 17.2 Å². The fraction of sp³-hybridized carbons (Fsp3) is 0. The molecule has 0 atom stereocenters. The summed E-state index contributed by atoms with van der Waals surface area (Å²) in [4.78, 5) is 14.5. The van der Waals surface area contributed by atoms with Gasteiger partial charge in [0.15, 0.2) is 11.5 Å². The first-order chi connectivity index (χ1) is 9.06. The second-order valence-corrected chi connectivity index (χ2v) is 3.90. The molecule has 0 amide bonds. The predicted molar refractivity (Wildman–Crippen MR) is 65.9 cm³/mol. The molecule has 6 nitrogen and oxygen atoms in total. The van der Waals surface area contributed by atoms with Gasteiger partial charge in [0.05, 0.1) is 11.3 Å². The Bertz CT molecular complexity index is 782. The third-order valence-electron chi connectivity index (χ3n) is 2.66. The van der Waals surface area contributed by atoms with Crippen LogP contribution in [0.5, 0.6) is 0 Å². The Kier molecular flexibility index (Phi) is 2.31. The van der Waals surface area contributed by atoms with Crippen LogP contribution in [0, 0.1) is 11.6 Å². The number of nitrogens with zero attached hydrogens (tertiary/aromatic N) is 3. The number of rotatable bonds is 1. The summed E-state index contributed by atoms with van der Waals surface area (Å²) in [6.07, 6.45) is 1.25. The number of benzene rings is 1. The van der Waals surface area contributed by atoms with Crippen LogP contribution in [-0.4, -0.2) is 19.9 Å². The molecule has 0 saturated carbocycles. The lowest BCUT2D eigenvalue weighted by molar-refractivity contribution is 0.588. The topological polar surface area (TPSA) is 106 Å². The molecule has 8 heteroatoms. The van der Waals surface area contributed by atoms with E-state index >= 15 is 0 Å². The number of nitrogen functional groups attached to an aromatic ring is 2. The maximum absolute atomic E-state index is 13.7. The van der Waals surface area contributed by atoms with Crippen LogP contribution in [0.3, 0.4) is 0 Å². The molecule has 3 aromatic rings. The van der Waals surface area contributed by atoms with Crippen molar-refractivity contribution in [2.75, 3.05) is 11.5 Å². The highest BCUT2D eigenvalue weighted by atomic mass is 19.1. The van der Waals surface area contributed by atoms with Gasteiger partial charge in [-0.25, -0.2) is 23.7 Å². The number of imidazole rings is 1. The van der Waals surface area contributed by atoms with Crippen LogP contribution in [0.15, 0.2) is 18.5 Å². The minimum Gasteiger partial charge on any atom is -0.396 e. The van der Waals surface area contributed by atoms with Crippen molar-refractivity contribution in [1.29, 1.82) is 0 Å². The monoisotopic (exact) mass is 262 g/mol. The number of nitrogens with two attached hydrogens (primary N) is 2. The third kappa shape index (κ3) is 1.73. The highest BCUT2D eigenvalue weighted by Gasteiger charge is 2.15. The Morgan fingerprint density at radius 1 is 1.05 bits per heavy atom. The number of H-pyrrole nitrogens is 1. The zero-order valence-corrected chi connectivity index (χ0v) is 9.48. The molecule has 3 rings (SSSR count). The van der Waals surface area contributed by atoms with E-state index in [1.807, 2.05) is 0 Å². The lowest BCUT2D eigenvalue weighted by atomic mass is 10.1. The molecule has 1 aromatic carbocycles. The average molecular weight is 262 g/mol. The molecular formula is C11H8F2N6. The van der Waals surface area contributed by atoms with Gasteiger partial charge in [0.1, 0.15) is 29.3 Å². The van der Waals surface area contributed by atoms with Crippen molar-refractivity contribution in [3.05, 3.63) is 30.1 Å². The normalized spacial score (nSPS) is 11.1. The molecule has 0 radical (unpaired) electrons. The number of hydrogen-bond donors (Lipinski definition) is 3. The number of aromatic nitrogens is 4. The minimum absolute atomic E-state index is 0.0382. The van der Waals surface area contributed by atoms with Crippen LogP contribution in [-0.2, 0) is 0 Å². The molecule has 2 heterocycles. The van der Waals surface area contributed by atoms with Crippen molar-refractivity contribution >= 4 is 22.7 Å². The summed E-state index contributed by atoms with van der Waals surface area (Å²) >= 11 is 0. The number of anilines is 2. The van der Waals surface area contributed by atoms with Crippen LogP contribution < -0.4 is 11.5 Å². The van der Waals surface area contributed by atoms with Crippen LogP contribution in [0.25, 0.3) is 22.6 Å². The van der Waals surface area contributed by atoms with Crippen molar-refractivity contribution in [2.24, 2.45) is 0 Å². The lowest BCUT2D eigenvalue weighted by Crippen LogP contribution is -1.95. The van der Waals surface area contributed by atoms with Crippen LogP contribution >= 0.6 is 0 Å². The van der Waals surface area contributed by atoms with Crippen molar-refractivity contribution in [1.82, 2.24) is 19.9 Å². The quantitative estimate of drug-likeness (QED) is 0.575. The molecule has 0 bridgehead atoms. The zero-order valence-electron chi connectivity index (χ0n) is 9.48. The summed E-state index contributed by atoms with van der Waals surface area (Å²) < 4.78 is 26.8. The fourth-order valence-corrected chi connectivity index (χ4v) is 1.72. The Hall–Kier alpha value is -2.77. The van der Waals surface area contributed by atoms with Gasteiger partial charge in [-0.05, 0) is 6.07 Å². The molecule has 0 saturated heterocycles. The maximum atomic E-state index is 13.7. The number of nitrogens with one attached hydrogen (secondary N) is 1. The largest absolute Gasteiger partial charge is 0.396 e. The number of halogens is 2. The predicted octanol–water partition coefficient (Wildman–Crippen LogP) is 1.46. The van der Waals surface area contributed by atoms with Gasteiger partial charge < -0.3 is 16.5 Å². The van der Waals surface area contributed by atoms with E-state index in [9.17, 15) is 8.78 Å². The van der Waals surface area contributed by atoms with E-state index in [1.54, 1.807) is 0 Å². The first-order valence-corrected chi connectivity index (χ1v) is 5.27. The van der Waals surface area contributed by atoms with Crippen LogP contribution in [0.2, 0.25) is 0 Å². The molecule has 19 heavy (non-hydrogen) atoms. The molecule has 96 valence electrons. The highest BCUT2D eigenvalue weighted by Crippen LogP contribution is 2.27. The summed E-state index contributed by atoms with van der Waals surface area (Å²) in [5, 5.41) is 0. The standard InChI is InChI=1S/C11H8F2N6/c12-5-2-6(13)7(14)1-4(5)10-18-8-9(15)16-3-17-11(8)19-10/h1-3H,14H2,(H3,15,16,17,18,19). The smallest absolute Gasteiger partial charge is 0.183 e. The van der Waals surface area contributed by atoms with Gasteiger partial charge in [0.2, 0.25) is 0 Å². The summed E-state index contributed by atoms with van der Waals surface area (Å²) in [5.41, 5.74) is 11.6. The number of hydrogen-bond acceptors (Lipinski definition) is 5. The molecule has 0 aliphatic carbocycles.